The van der Waals surface area contributed by atoms with E-state index in [0.717, 1.165) is 18.9 Å². The van der Waals surface area contributed by atoms with Crippen molar-refractivity contribution < 1.29 is 5.11 Å². The minimum atomic E-state index is -0.166. The Morgan fingerprint density at radius 1 is 1.32 bits per heavy atom. The Balaban J connectivity index is 2.50. The van der Waals surface area contributed by atoms with Gasteiger partial charge in [-0.2, -0.15) is 0 Å². The molecule has 0 aromatic rings. The van der Waals surface area contributed by atoms with Gasteiger partial charge in [0.1, 0.15) is 0 Å². The van der Waals surface area contributed by atoms with Gasteiger partial charge < -0.3 is 15.3 Å². The lowest BCUT2D eigenvalue weighted by molar-refractivity contribution is 0.0911. The Bertz CT molecular complexity index is 253. The summed E-state index contributed by atoms with van der Waals surface area (Å²) in [4.78, 5) is 2.58. The van der Waals surface area contributed by atoms with E-state index in [1.807, 2.05) is 0 Å². The third-order valence-electron chi connectivity index (χ3n) is 4.48. The van der Waals surface area contributed by atoms with Crippen LogP contribution >= 0.6 is 0 Å². The van der Waals surface area contributed by atoms with Crippen LogP contribution in [-0.2, 0) is 0 Å². The molecule has 3 nitrogen and oxygen atoms in total. The molecule has 1 saturated carbocycles. The lowest BCUT2D eigenvalue weighted by Gasteiger charge is -2.40. The van der Waals surface area contributed by atoms with Gasteiger partial charge in [0.15, 0.2) is 0 Å². The van der Waals surface area contributed by atoms with Gasteiger partial charge in [-0.15, -0.1) is 0 Å². The van der Waals surface area contributed by atoms with E-state index in [4.69, 9.17) is 0 Å². The van der Waals surface area contributed by atoms with E-state index in [2.05, 4.69) is 44.8 Å². The fourth-order valence-corrected chi connectivity index (χ4v) is 3.27. The van der Waals surface area contributed by atoms with Crippen molar-refractivity contribution in [3.63, 3.8) is 0 Å². The number of aliphatic hydroxyl groups is 1. The van der Waals surface area contributed by atoms with Gasteiger partial charge in [-0.3, -0.25) is 0 Å². The van der Waals surface area contributed by atoms with Crippen LogP contribution in [0.2, 0.25) is 0 Å². The lowest BCUT2D eigenvalue weighted by atomic mass is 9.84. The Morgan fingerprint density at radius 3 is 2.32 bits per heavy atom. The molecule has 1 aliphatic carbocycles. The number of hydrogen-bond acceptors (Lipinski definition) is 3. The summed E-state index contributed by atoms with van der Waals surface area (Å²) in [6.45, 7) is 13.5. The third kappa shape index (κ3) is 5.41. The van der Waals surface area contributed by atoms with Crippen molar-refractivity contribution in [2.45, 2.75) is 77.9 Å². The van der Waals surface area contributed by atoms with Crippen molar-refractivity contribution in [3.05, 3.63) is 0 Å². The molecule has 1 rings (SSSR count). The molecule has 2 atom stereocenters. The van der Waals surface area contributed by atoms with Crippen molar-refractivity contribution in [2.24, 2.45) is 5.92 Å². The maximum atomic E-state index is 9.70. The van der Waals surface area contributed by atoms with Crippen LogP contribution in [-0.4, -0.2) is 47.3 Å². The van der Waals surface area contributed by atoms with E-state index in [1.54, 1.807) is 0 Å². The largest absolute Gasteiger partial charge is 0.394 e. The maximum absolute atomic E-state index is 9.70. The first kappa shape index (κ1) is 16.9. The molecule has 1 aliphatic rings. The zero-order chi connectivity index (χ0) is 14.5. The van der Waals surface area contributed by atoms with Gasteiger partial charge in [0, 0.05) is 24.2 Å². The quantitative estimate of drug-likeness (QED) is 0.676. The monoisotopic (exact) mass is 270 g/mol. The molecule has 2 unspecified atom stereocenters. The number of aliphatic hydroxyl groups excluding tert-OH is 1. The summed E-state index contributed by atoms with van der Waals surface area (Å²) < 4.78 is 0. The van der Waals surface area contributed by atoms with E-state index in [1.165, 1.54) is 25.8 Å². The number of nitrogens with zero attached hydrogens (tertiary/aromatic N) is 1. The van der Waals surface area contributed by atoms with Crippen molar-refractivity contribution in [1.29, 1.82) is 0 Å². The molecule has 0 amide bonds. The number of nitrogens with one attached hydrogen (secondary N) is 1. The molecule has 0 saturated heterocycles. The Morgan fingerprint density at radius 2 is 1.95 bits per heavy atom. The summed E-state index contributed by atoms with van der Waals surface area (Å²) in [5.41, 5.74) is -0.166. The summed E-state index contributed by atoms with van der Waals surface area (Å²) >= 11 is 0. The minimum Gasteiger partial charge on any atom is -0.394 e. The molecule has 0 bridgehead atoms. The fourth-order valence-electron chi connectivity index (χ4n) is 3.27. The van der Waals surface area contributed by atoms with Gasteiger partial charge in [0.25, 0.3) is 0 Å². The Kier molecular flexibility index (Phi) is 6.78. The standard InChI is InChI=1S/C16H34N2O/c1-6-18(11-15-8-7-9-15)14(4)10-16(5,12-19)17-13(2)3/h13-15,17,19H,6-12H2,1-5H3. The van der Waals surface area contributed by atoms with Gasteiger partial charge >= 0.3 is 0 Å². The minimum absolute atomic E-state index is 0.166. The Labute approximate surface area is 119 Å². The van der Waals surface area contributed by atoms with Crippen LogP contribution in [0.3, 0.4) is 0 Å². The average Bonchev–Trinajstić information content (AvgIpc) is 2.26. The highest BCUT2D eigenvalue weighted by Crippen LogP contribution is 2.28. The van der Waals surface area contributed by atoms with E-state index in [-0.39, 0.29) is 12.1 Å². The van der Waals surface area contributed by atoms with Crippen molar-refractivity contribution >= 4 is 0 Å². The normalized spacial score (nSPS) is 21.5. The summed E-state index contributed by atoms with van der Waals surface area (Å²) in [7, 11) is 0. The first-order chi connectivity index (χ1) is 8.90. The highest BCUT2D eigenvalue weighted by molar-refractivity contribution is 4.89. The molecule has 0 spiro atoms. The zero-order valence-corrected chi connectivity index (χ0v) is 13.6. The first-order valence-corrected chi connectivity index (χ1v) is 8.02. The summed E-state index contributed by atoms with van der Waals surface area (Å²) in [5, 5.41) is 13.2. The summed E-state index contributed by atoms with van der Waals surface area (Å²) in [6, 6.07) is 0.931. The first-order valence-electron chi connectivity index (χ1n) is 8.02. The average molecular weight is 270 g/mol. The molecule has 19 heavy (non-hydrogen) atoms. The third-order valence-corrected chi connectivity index (χ3v) is 4.48. The van der Waals surface area contributed by atoms with Gasteiger partial charge in [0.2, 0.25) is 0 Å². The molecule has 0 heterocycles. The molecule has 2 N–H and O–H groups in total. The molecular formula is C16H34N2O. The molecular weight excluding hydrogens is 236 g/mol. The van der Waals surface area contributed by atoms with Crippen LogP contribution in [0.4, 0.5) is 0 Å². The molecule has 1 fully saturated rings. The summed E-state index contributed by atoms with van der Waals surface area (Å²) in [5.74, 6) is 0.917. The highest BCUT2D eigenvalue weighted by atomic mass is 16.3. The van der Waals surface area contributed by atoms with Crippen LogP contribution in [0.25, 0.3) is 0 Å². The molecule has 0 aliphatic heterocycles. The van der Waals surface area contributed by atoms with Crippen molar-refractivity contribution in [2.75, 3.05) is 19.7 Å². The van der Waals surface area contributed by atoms with E-state index in [0.29, 0.717) is 12.1 Å². The van der Waals surface area contributed by atoms with Crippen LogP contribution < -0.4 is 5.32 Å². The van der Waals surface area contributed by atoms with Gasteiger partial charge in [-0.1, -0.05) is 27.2 Å². The topological polar surface area (TPSA) is 35.5 Å². The molecule has 0 radical (unpaired) electrons. The fraction of sp³-hybridized carbons (Fsp3) is 1.00. The maximum Gasteiger partial charge on any atom is 0.0611 e. The molecule has 0 aromatic heterocycles. The zero-order valence-electron chi connectivity index (χ0n) is 13.6. The van der Waals surface area contributed by atoms with Crippen molar-refractivity contribution in [3.8, 4) is 0 Å². The second-order valence-electron chi connectivity index (χ2n) is 6.96. The predicted octanol–water partition coefficient (Wildman–Crippen LogP) is 2.64. The Hall–Kier alpha value is -0.120. The number of hydrogen-bond donors (Lipinski definition) is 2. The second kappa shape index (κ2) is 7.61. The second-order valence-corrected chi connectivity index (χ2v) is 6.96. The van der Waals surface area contributed by atoms with Crippen LogP contribution in [0.1, 0.15) is 60.3 Å². The summed E-state index contributed by atoms with van der Waals surface area (Å²) in [6.07, 6.45) is 5.23. The van der Waals surface area contributed by atoms with Gasteiger partial charge in [0.05, 0.1) is 6.61 Å². The molecule has 3 heteroatoms. The molecule has 114 valence electrons. The van der Waals surface area contributed by atoms with Crippen LogP contribution in [0.15, 0.2) is 0 Å². The van der Waals surface area contributed by atoms with Crippen molar-refractivity contribution in [1.82, 2.24) is 10.2 Å². The number of rotatable bonds is 9. The predicted molar refractivity (Wildman–Crippen MR) is 82.4 cm³/mol. The highest BCUT2D eigenvalue weighted by Gasteiger charge is 2.30. The van der Waals surface area contributed by atoms with E-state index in [9.17, 15) is 5.11 Å². The van der Waals surface area contributed by atoms with Gasteiger partial charge in [-0.25, -0.2) is 0 Å². The molecule has 0 aromatic carbocycles. The van der Waals surface area contributed by atoms with Crippen LogP contribution in [0.5, 0.6) is 0 Å². The van der Waals surface area contributed by atoms with Gasteiger partial charge in [-0.05, 0) is 45.6 Å². The van der Waals surface area contributed by atoms with Crippen LogP contribution in [0, 0.1) is 5.92 Å². The van der Waals surface area contributed by atoms with E-state index < -0.39 is 0 Å². The lowest BCUT2D eigenvalue weighted by Crippen LogP contribution is -2.53. The smallest absolute Gasteiger partial charge is 0.0611 e. The SMILES string of the molecule is CCN(CC1CCC1)C(C)CC(C)(CO)NC(C)C. The van der Waals surface area contributed by atoms with E-state index >= 15 is 0 Å².